The van der Waals surface area contributed by atoms with Crippen molar-refractivity contribution >= 4 is 23.6 Å². The van der Waals surface area contributed by atoms with Crippen molar-refractivity contribution in [3.63, 3.8) is 0 Å². The van der Waals surface area contributed by atoms with Gasteiger partial charge in [-0.2, -0.15) is 13.2 Å². The summed E-state index contributed by atoms with van der Waals surface area (Å²) in [5, 5.41) is 9.00. The van der Waals surface area contributed by atoms with Gasteiger partial charge < -0.3 is 19.5 Å². The second-order valence-corrected chi connectivity index (χ2v) is 5.35. The van der Waals surface area contributed by atoms with Gasteiger partial charge in [0.2, 0.25) is 0 Å². The van der Waals surface area contributed by atoms with Crippen LogP contribution in [0.4, 0.5) is 18.9 Å². The van der Waals surface area contributed by atoms with Gasteiger partial charge in [0.15, 0.2) is 0 Å². The van der Waals surface area contributed by atoms with Crippen molar-refractivity contribution in [1.29, 1.82) is 0 Å². The van der Waals surface area contributed by atoms with E-state index in [1.165, 1.54) is 18.2 Å². The summed E-state index contributed by atoms with van der Waals surface area (Å²) in [6.45, 7) is 0. The van der Waals surface area contributed by atoms with E-state index in [0.717, 1.165) is 37.5 Å². The lowest BCUT2D eigenvalue weighted by Crippen LogP contribution is -2.28. The average Bonchev–Trinajstić information content (AvgIpc) is 2.88. The summed E-state index contributed by atoms with van der Waals surface area (Å²) in [4.78, 5) is 36.2. The monoisotopic (exact) mass is 397 g/mol. The predicted octanol–water partition coefficient (Wildman–Crippen LogP) is 2.89. The van der Waals surface area contributed by atoms with Crippen LogP contribution < -0.4 is 4.90 Å². The van der Waals surface area contributed by atoms with Crippen molar-refractivity contribution in [2.75, 3.05) is 19.1 Å². The number of hydrogen-bond acceptors (Lipinski definition) is 6. The van der Waals surface area contributed by atoms with Gasteiger partial charge >= 0.3 is 24.1 Å². The molecule has 1 N–H and O–H groups in total. The van der Waals surface area contributed by atoms with E-state index in [9.17, 15) is 27.6 Å². The zero-order valence-electron chi connectivity index (χ0n) is 14.6. The highest BCUT2D eigenvalue weighted by Crippen LogP contribution is 2.39. The van der Waals surface area contributed by atoms with Crippen LogP contribution in [0.15, 0.2) is 53.9 Å². The molecular formula is C18H14F3NO6. The number of nitrogens with zero attached hydrogens (tertiary/aromatic N) is 1. The van der Waals surface area contributed by atoms with Crippen LogP contribution in [0.1, 0.15) is 15.9 Å². The number of rotatable bonds is 4. The molecule has 0 spiro atoms. The lowest BCUT2D eigenvalue weighted by atomic mass is 10.1. The van der Waals surface area contributed by atoms with Crippen LogP contribution in [0.2, 0.25) is 0 Å². The van der Waals surface area contributed by atoms with Crippen molar-refractivity contribution in [1.82, 2.24) is 0 Å². The third kappa shape index (κ3) is 4.05. The molecule has 0 fully saturated rings. The fraction of sp³-hybridized carbons (Fsp3) is 0.167. The van der Waals surface area contributed by atoms with Crippen LogP contribution in [-0.2, 0) is 25.2 Å². The lowest BCUT2D eigenvalue weighted by Gasteiger charge is -2.26. The van der Waals surface area contributed by atoms with Gasteiger partial charge in [0.1, 0.15) is 5.70 Å². The summed E-state index contributed by atoms with van der Waals surface area (Å²) in [7, 11) is 2.04. The zero-order valence-corrected chi connectivity index (χ0v) is 14.6. The fourth-order valence-corrected chi connectivity index (χ4v) is 2.46. The Balaban J connectivity index is 2.82. The van der Waals surface area contributed by atoms with Crippen molar-refractivity contribution < 1.29 is 42.1 Å². The number of carbonyl (C=O) groups is 3. The van der Waals surface area contributed by atoms with Crippen LogP contribution in [0.5, 0.6) is 0 Å². The topological polar surface area (TPSA) is 93.1 Å². The van der Waals surface area contributed by atoms with Crippen LogP contribution in [0, 0.1) is 0 Å². The molecule has 1 aliphatic rings. The lowest BCUT2D eigenvalue weighted by molar-refractivity contribution is -0.139. The van der Waals surface area contributed by atoms with Gasteiger partial charge in [-0.25, -0.2) is 14.4 Å². The van der Waals surface area contributed by atoms with Crippen molar-refractivity contribution in [3.05, 3.63) is 65.0 Å². The molecule has 0 aliphatic carbocycles. The molecule has 1 aliphatic heterocycles. The molecule has 148 valence electrons. The van der Waals surface area contributed by atoms with E-state index in [0.29, 0.717) is 6.07 Å². The second kappa shape index (κ2) is 7.99. The maximum absolute atomic E-state index is 13.6. The zero-order chi connectivity index (χ0) is 21.1. The smallest absolute Gasteiger partial charge is 0.418 e. The molecule has 1 heterocycles. The largest absolute Gasteiger partial charge is 0.478 e. The third-order valence-electron chi connectivity index (χ3n) is 3.70. The van der Waals surface area contributed by atoms with Gasteiger partial charge in [-0.15, -0.1) is 0 Å². The highest BCUT2D eigenvalue weighted by Gasteiger charge is 2.38. The highest BCUT2D eigenvalue weighted by atomic mass is 19.4. The number of anilines is 1. The normalized spacial score (nSPS) is 14.0. The van der Waals surface area contributed by atoms with E-state index in [-0.39, 0.29) is 5.57 Å². The first-order valence-electron chi connectivity index (χ1n) is 7.61. The maximum atomic E-state index is 13.6. The Morgan fingerprint density at radius 3 is 2.21 bits per heavy atom. The molecule has 0 bridgehead atoms. The van der Waals surface area contributed by atoms with Gasteiger partial charge in [0, 0.05) is 6.20 Å². The van der Waals surface area contributed by atoms with E-state index in [2.05, 4.69) is 9.47 Å². The number of aromatic carboxylic acids is 1. The summed E-state index contributed by atoms with van der Waals surface area (Å²) in [6.07, 6.45) is -0.0174. The molecule has 0 saturated carbocycles. The minimum atomic E-state index is -4.94. The summed E-state index contributed by atoms with van der Waals surface area (Å²) >= 11 is 0. The molecule has 0 aromatic heterocycles. The number of esters is 2. The third-order valence-corrected chi connectivity index (χ3v) is 3.70. The van der Waals surface area contributed by atoms with Crippen LogP contribution in [0.25, 0.3) is 0 Å². The molecule has 0 unspecified atom stereocenters. The van der Waals surface area contributed by atoms with E-state index < -0.39 is 46.6 Å². The van der Waals surface area contributed by atoms with Gasteiger partial charge in [0.05, 0.1) is 36.6 Å². The Labute approximate surface area is 156 Å². The molecule has 7 nitrogen and oxygen atoms in total. The number of benzene rings is 1. The quantitative estimate of drug-likeness (QED) is 0.781. The summed E-state index contributed by atoms with van der Waals surface area (Å²) < 4.78 is 50.0. The predicted molar refractivity (Wildman–Crippen MR) is 90.2 cm³/mol. The minimum absolute atomic E-state index is 0.338. The Morgan fingerprint density at radius 2 is 1.68 bits per heavy atom. The van der Waals surface area contributed by atoms with Gasteiger partial charge in [-0.05, 0) is 30.4 Å². The fourth-order valence-electron chi connectivity index (χ4n) is 2.46. The Bertz CT molecular complexity index is 914. The number of allylic oxidation sites excluding steroid dienone is 2. The van der Waals surface area contributed by atoms with Crippen LogP contribution in [0.3, 0.4) is 0 Å². The molecule has 2 rings (SSSR count). The average molecular weight is 397 g/mol. The summed E-state index contributed by atoms with van der Waals surface area (Å²) in [5.74, 6) is -3.61. The van der Waals surface area contributed by atoms with Crippen molar-refractivity contribution in [2.24, 2.45) is 0 Å². The molecule has 28 heavy (non-hydrogen) atoms. The molecule has 0 amide bonds. The summed E-state index contributed by atoms with van der Waals surface area (Å²) in [5.41, 5.74) is -3.34. The number of hydrogen-bond donors (Lipinski definition) is 1. The van der Waals surface area contributed by atoms with Gasteiger partial charge in [-0.1, -0.05) is 6.08 Å². The van der Waals surface area contributed by atoms with E-state index >= 15 is 0 Å². The maximum Gasteiger partial charge on any atom is 0.418 e. The Kier molecular flexibility index (Phi) is 5.92. The second-order valence-electron chi connectivity index (χ2n) is 5.35. The molecule has 1 aromatic carbocycles. The van der Waals surface area contributed by atoms with E-state index in [1.54, 1.807) is 0 Å². The molecule has 10 heteroatoms. The van der Waals surface area contributed by atoms with Crippen molar-refractivity contribution in [3.8, 4) is 0 Å². The molecule has 0 saturated heterocycles. The standard InChI is InChI=1S/C18H14F3NO6/c1-27-16(25)11-5-3-4-8-22(14(11)17(26)28-2)13-7-6-10(15(23)24)9-12(13)18(19,20)21/h3-9H,1-2H3,(H,23,24). The van der Waals surface area contributed by atoms with Crippen LogP contribution >= 0.6 is 0 Å². The molecule has 1 aromatic rings. The molecule has 0 atom stereocenters. The first-order chi connectivity index (χ1) is 13.1. The highest BCUT2D eigenvalue weighted by molar-refractivity contribution is 6.05. The Morgan fingerprint density at radius 1 is 1.04 bits per heavy atom. The number of halogens is 3. The van der Waals surface area contributed by atoms with E-state index in [4.69, 9.17) is 5.11 Å². The number of alkyl halides is 3. The van der Waals surface area contributed by atoms with E-state index in [1.807, 2.05) is 0 Å². The first kappa shape index (κ1) is 20.7. The number of carboxylic acids is 1. The SMILES string of the molecule is COC(=O)C1=C(C(=O)OC)N(c2ccc(C(=O)O)cc2C(F)(F)F)C=CC=C1. The first-order valence-corrected chi connectivity index (χ1v) is 7.61. The van der Waals surface area contributed by atoms with Gasteiger partial charge in [0.25, 0.3) is 0 Å². The molecule has 0 radical (unpaired) electrons. The number of carboxylic acid groups (broad SMARTS) is 1. The van der Waals surface area contributed by atoms with Crippen molar-refractivity contribution in [2.45, 2.75) is 6.18 Å². The Hall–Kier alpha value is -3.56. The number of ether oxygens (including phenoxy) is 2. The number of carbonyl (C=O) groups excluding carboxylic acids is 2. The number of methoxy groups -OCH3 is 2. The van der Waals surface area contributed by atoms with Gasteiger partial charge in [-0.3, -0.25) is 0 Å². The molecular weight excluding hydrogens is 383 g/mol. The summed E-state index contributed by atoms with van der Waals surface area (Å²) in [6, 6.07) is 2.28. The minimum Gasteiger partial charge on any atom is -0.478 e. The van der Waals surface area contributed by atoms with Crippen LogP contribution in [-0.4, -0.2) is 37.2 Å².